The van der Waals surface area contributed by atoms with Crippen LogP contribution in [0.4, 0.5) is 5.69 Å². The fourth-order valence-corrected chi connectivity index (χ4v) is 4.11. The highest BCUT2D eigenvalue weighted by Gasteiger charge is 2.52. The molecule has 4 aromatic rings. The third-order valence-corrected chi connectivity index (χ3v) is 5.50. The molecule has 1 fully saturated rings. The van der Waals surface area contributed by atoms with Gasteiger partial charge in [0.05, 0.1) is 23.9 Å². The van der Waals surface area contributed by atoms with Crippen LogP contribution < -0.4 is 9.79 Å². The zero-order valence-corrected chi connectivity index (χ0v) is 16.6. The van der Waals surface area contributed by atoms with Crippen molar-refractivity contribution in [2.24, 2.45) is 5.92 Å². The number of nitrogens with zero attached hydrogens (tertiary/aromatic N) is 2. The van der Waals surface area contributed by atoms with Gasteiger partial charge in [0.2, 0.25) is 5.78 Å². The largest absolute Gasteiger partial charge is 0.618 e. The highest BCUT2D eigenvalue weighted by molar-refractivity contribution is 5.96. The van der Waals surface area contributed by atoms with Gasteiger partial charge in [0.1, 0.15) is 5.76 Å². The Bertz CT molecular complexity index is 1160. The van der Waals surface area contributed by atoms with Gasteiger partial charge in [-0.1, -0.05) is 48.5 Å². The van der Waals surface area contributed by atoms with Crippen molar-refractivity contribution in [2.75, 3.05) is 5.06 Å². The molecule has 0 unspecified atom stereocenters. The van der Waals surface area contributed by atoms with E-state index in [1.165, 1.54) is 6.20 Å². The van der Waals surface area contributed by atoms with Gasteiger partial charge in [-0.05, 0) is 35.9 Å². The van der Waals surface area contributed by atoms with Crippen molar-refractivity contribution in [3.8, 4) is 0 Å². The van der Waals surface area contributed by atoms with Crippen molar-refractivity contribution in [1.82, 2.24) is 0 Å². The van der Waals surface area contributed by atoms with E-state index in [1.54, 1.807) is 41.7 Å². The molecule has 0 amide bonds. The van der Waals surface area contributed by atoms with E-state index >= 15 is 0 Å². The van der Waals surface area contributed by atoms with Gasteiger partial charge in [0.25, 0.3) is 5.69 Å². The predicted molar refractivity (Wildman–Crippen MR) is 114 cm³/mol. The number of Topliss-reactive ketones (excluding diaryl/α,β-unsaturated/α-hetero) is 1. The molecule has 0 radical (unpaired) electrons. The molecule has 0 saturated carbocycles. The average molecular weight is 412 g/mol. The second kappa shape index (κ2) is 8.08. The van der Waals surface area contributed by atoms with Crippen LogP contribution in [-0.2, 0) is 4.84 Å². The predicted octanol–water partition coefficient (Wildman–Crippen LogP) is 4.65. The van der Waals surface area contributed by atoms with E-state index in [4.69, 9.17) is 9.25 Å². The molecule has 5 rings (SSSR count). The summed E-state index contributed by atoms with van der Waals surface area (Å²) in [4.78, 5) is 20.1. The Hall–Kier alpha value is -3.90. The molecule has 6 heteroatoms. The maximum absolute atomic E-state index is 13.8. The zero-order valence-electron chi connectivity index (χ0n) is 16.6. The smallest absolute Gasteiger partial charge is 0.260 e. The van der Waals surface area contributed by atoms with Crippen molar-refractivity contribution >= 4 is 11.5 Å². The molecule has 2 aromatic carbocycles. The number of ketones is 1. The monoisotopic (exact) mass is 412 g/mol. The Labute approximate surface area is 179 Å². The van der Waals surface area contributed by atoms with Crippen molar-refractivity contribution in [3.05, 3.63) is 126 Å². The van der Waals surface area contributed by atoms with E-state index in [9.17, 15) is 10.0 Å². The Morgan fingerprint density at radius 2 is 1.58 bits per heavy atom. The number of hydrogen-bond acceptors (Lipinski definition) is 5. The fraction of sp³-hybridized carbons (Fsp3) is 0.120. The van der Waals surface area contributed by atoms with Gasteiger partial charge in [0.15, 0.2) is 12.3 Å². The summed E-state index contributed by atoms with van der Waals surface area (Å²) >= 11 is 0. The number of benzene rings is 2. The lowest BCUT2D eigenvalue weighted by atomic mass is 9.83. The van der Waals surface area contributed by atoms with Gasteiger partial charge in [-0.2, -0.15) is 4.73 Å². The van der Waals surface area contributed by atoms with Gasteiger partial charge in [-0.15, -0.1) is 0 Å². The minimum absolute atomic E-state index is 0.0727. The summed E-state index contributed by atoms with van der Waals surface area (Å²) in [5, 5.41) is 14.2. The molecule has 3 atom stereocenters. The minimum atomic E-state index is -0.698. The lowest BCUT2D eigenvalue weighted by Crippen LogP contribution is -2.38. The molecule has 2 aromatic heterocycles. The maximum Gasteiger partial charge on any atom is 0.260 e. The van der Waals surface area contributed by atoms with Crippen LogP contribution in [0, 0.1) is 11.1 Å². The number of pyridine rings is 1. The molecular formula is C25H20N2O4. The van der Waals surface area contributed by atoms with E-state index in [0.29, 0.717) is 10.5 Å². The first kappa shape index (κ1) is 19.1. The molecule has 31 heavy (non-hydrogen) atoms. The number of rotatable bonds is 5. The van der Waals surface area contributed by atoms with Crippen LogP contribution in [0.1, 0.15) is 34.0 Å². The molecular weight excluding hydrogens is 392 g/mol. The van der Waals surface area contributed by atoms with Gasteiger partial charge in [0, 0.05) is 12.1 Å². The number of aromatic nitrogens is 1. The number of furan rings is 1. The summed E-state index contributed by atoms with van der Waals surface area (Å²) in [6, 6.07) is 27.3. The van der Waals surface area contributed by atoms with Gasteiger partial charge in [-0.25, -0.2) is 5.06 Å². The minimum Gasteiger partial charge on any atom is -0.618 e. The molecule has 0 aliphatic carbocycles. The van der Waals surface area contributed by atoms with Gasteiger partial charge in [-0.3, -0.25) is 9.63 Å². The Balaban J connectivity index is 1.68. The first-order valence-corrected chi connectivity index (χ1v) is 10.1. The van der Waals surface area contributed by atoms with Crippen molar-refractivity contribution in [3.63, 3.8) is 0 Å². The van der Waals surface area contributed by atoms with Crippen LogP contribution in [-0.4, -0.2) is 5.78 Å². The highest BCUT2D eigenvalue weighted by Crippen LogP contribution is 2.49. The van der Waals surface area contributed by atoms with E-state index in [0.717, 1.165) is 11.3 Å². The maximum atomic E-state index is 13.8. The van der Waals surface area contributed by atoms with E-state index in [-0.39, 0.29) is 11.5 Å². The molecule has 0 bridgehead atoms. The van der Waals surface area contributed by atoms with Crippen LogP contribution >= 0.6 is 0 Å². The summed E-state index contributed by atoms with van der Waals surface area (Å²) < 4.78 is 6.25. The summed E-state index contributed by atoms with van der Waals surface area (Å²) in [5.41, 5.74) is 1.79. The third-order valence-electron chi connectivity index (χ3n) is 5.50. The fourth-order valence-electron chi connectivity index (χ4n) is 4.11. The van der Waals surface area contributed by atoms with Crippen molar-refractivity contribution in [2.45, 2.75) is 12.1 Å². The van der Waals surface area contributed by atoms with Crippen molar-refractivity contribution in [1.29, 1.82) is 0 Å². The second-order valence-corrected chi connectivity index (χ2v) is 7.36. The second-order valence-electron chi connectivity index (χ2n) is 7.36. The molecule has 0 spiro atoms. The van der Waals surface area contributed by atoms with Crippen LogP contribution in [0.2, 0.25) is 0 Å². The summed E-state index contributed by atoms with van der Waals surface area (Å²) in [5.74, 6) is -0.466. The zero-order chi connectivity index (χ0) is 21.2. The molecule has 1 saturated heterocycles. The summed E-state index contributed by atoms with van der Waals surface area (Å²) in [7, 11) is 0. The number of carbonyl (C=O) groups is 1. The van der Waals surface area contributed by atoms with Gasteiger partial charge >= 0.3 is 0 Å². The lowest BCUT2D eigenvalue weighted by molar-refractivity contribution is -0.607. The molecule has 154 valence electrons. The quantitative estimate of drug-likeness (QED) is 0.271. The van der Waals surface area contributed by atoms with E-state index < -0.39 is 18.1 Å². The first-order valence-electron chi connectivity index (χ1n) is 10.1. The number of carbonyl (C=O) groups excluding carboxylic acids is 1. The highest BCUT2D eigenvalue weighted by atomic mass is 16.7. The van der Waals surface area contributed by atoms with E-state index in [2.05, 4.69) is 0 Å². The molecule has 6 nitrogen and oxygen atoms in total. The average Bonchev–Trinajstić information content (AvgIpc) is 3.48. The standard InChI is InChI=1S/C25H20N2O4/c28-24(20-14-7-8-16-26(20)29)22-23(18-10-3-1-4-11-18)27(19-12-5-2-6-13-19)31-25(22)21-15-9-17-30-21/h1-17,22-23,25H/t22-,23+,25-/m0/s1. The summed E-state index contributed by atoms with van der Waals surface area (Å²) in [6.07, 6.45) is 2.20. The Kier molecular flexibility index (Phi) is 4.98. The molecule has 1 aliphatic rings. The Morgan fingerprint density at radius 3 is 2.26 bits per heavy atom. The molecule has 3 heterocycles. The number of anilines is 1. The summed E-state index contributed by atoms with van der Waals surface area (Å²) in [6.45, 7) is 0. The number of hydroxylamine groups is 1. The van der Waals surface area contributed by atoms with Gasteiger partial charge < -0.3 is 9.62 Å². The number of para-hydroxylation sites is 1. The molecule has 0 N–H and O–H groups in total. The molecule has 1 aliphatic heterocycles. The van der Waals surface area contributed by atoms with Crippen LogP contribution in [0.5, 0.6) is 0 Å². The third kappa shape index (κ3) is 3.47. The SMILES string of the molecule is O=C(c1cccc[n+]1[O-])[C@@H]1[C@@H](c2ccccc2)N(c2ccccc2)O[C@H]1c1ccco1. The van der Waals surface area contributed by atoms with Crippen LogP contribution in [0.15, 0.2) is 108 Å². The normalized spacial score (nSPS) is 20.6. The number of hydrogen-bond donors (Lipinski definition) is 0. The topological polar surface area (TPSA) is 69.6 Å². The van der Waals surface area contributed by atoms with Crippen LogP contribution in [0.3, 0.4) is 0 Å². The first-order chi connectivity index (χ1) is 15.2. The lowest BCUT2D eigenvalue weighted by Gasteiger charge is -2.26. The van der Waals surface area contributed by atoms with Crippen LogP contribution in [0.25, 0.3) is 0 Å². The van der Waals surface area contributed by atoms with E-state index in [1.807, 2.05) is 60.7 Å². The Morgan fingerprint density at radius 1 is 0.871 bits per heavy atom. The van der Waals surface area contributed by atoms with Crippen molar-refractivity contribution < 1.29 is 18.8 Å².